The minimum Gasteiger partial charge on any atom is -0.378 e. The molecule has 1 aromatic carbocycles. The molecule has 1 amide bonds. The number of hydrogen-bond donors (Lipinski definition) is 1. The van der Waals surface area contributed by atoms with Crippen molar-refractivity contribution in [2.24, 2.45) is 0 Å². The van der Waals surface area contributed by atoms with Gasteiger partial charge < -0.3 is 19.9 Å². The zero-order valence-corrected chi connectivity index (χ0v) is 15.1. The second-order valence-corrected chi connectivity index (χ2v) is 6.43. The SMILES string of the molecule is CN(C)C(=O)c1ccc(Nc2cc(N3CCOCC3)ccc2Cl)nc1. The fourth-order valence-electron chi connectivity index (χ4n) is 2.62. The van der Waals surface area contributed by atoms with Crippen LogP contribution in [0.1, 0.15) is 10.4 Å². The normalized spacial score (nSPS) is 14.3. The minimum atomic E-state index is -0.0774. The summed E-state index contributed by atoms with van der Waals surface area (Å²) in [5, 5.41) is 3.84. The lowest BCUT2D eigenvalue weighted by Crippen LogP contribution is -2.36. The van der Waals surface area contributed by atoms with Crippen LogP contribution in [-0.4, -0.2) is 56.2 Å². The molecule has 7 heteroatoms. The number of rotatable bonds is 4. The van der Waals surface area contributed by atoms with Crippen LogP contribution in [-0.2, 0) is 4.74 Å². The largest absolute Gasteiger partial charge is 0.378 e. The van der Waals surface area contributed by atoms with Crippen molar-refractivity contribution in [3.05, 3.63) is 47.1 Å². The number of anilines is 3. The molecule has 2 heterocycles. The van der Waals surface area contributed by atoms with Crippen LogP contribution in [0.25, 0.3) is 0 Å². The third kappa shape index (κ3) is 4.21. The highest BCUT2D eigenvalue weighted by Crippen LogP contribution is 2.30. The van der Waals surface area contributed by atoms with Gasteiger partial charge in [-0.3, -0.25) is 4.79 Å². The van der Waals surface area contributed by atoms with Gasteiger partial charge >= 0.3 is 0 Å². The summed E-state index contributed by atoms with van der Waals surface area (Å²) >= 11 is 6.31. The lowest BCUT2D eigenvalue weighted by molar-refractivity contribution is 0.0827. The number of ether oxygens (including phenoxy) is 1. The third-order valence-electron chi connectivity index (χ3n) is 4.01. The van der Waals surface area contributed by atoms with E-state index < -0.39 is 0 Å². The summed E-state index contributed by atoms with van der Waals surface area (Å²) in [5.41, 5.74) is 2.42. The number of pyridine rings is 1. The fourth-order valence-corrected chi connectivity index (χ4v) is 2.78. The Morgan fingerprint density at radius 2 is 2.00 bits per heavy atom. The van der Waals surface area contributed by atoms with Gasteiger partial charge in [0.1, 0.15) is 5.82 Å². The molecular weight excluding hydrogens is 340 g/mol. The van der Waals surface area contributed by atoms with E-state index >= 15 is 0 Å². The Bertz CT molecular complexity index is 743. The number of carbonyl (C=O) groups is 1. The molecule has 25 heavy (non-hydrogen) atoms. The van der Waals surface area contributed by atoms with Gasteiger partial charge in [-0.15, -0.1) is 0 Å². The van der Waals surface area contributed by atoms with Crippen molar-refractivity contribution in [1.29, 1.82) is 0 Å². The summed E-state index contributed by atoms with van der Waals surface area (Å²) in [6.07, 6.45) is 1.56. The van der Waals surface area contributed by atoms with Crippen molar-refractivity contribution in [3.63, 3.8) is 0 Å². The molecular formula is C18H21ClN4O2. The Labute approximate surface area is 152 Å². The maximum atomic E-state index is 11.9. The van der Waals surface area contributed by atoms with E-state index in [1.807, 2.05) is 18.2 Å². The van der Waals surface area contributed by atoms with Gasteiger partial charge in [0.25, 0.3) is 5.91 Å². The Morgan fingerprint density at radius 3 is 2.64 bits per heavy atom. The molecule has 6 nitrogen and oxygen atoms in total. The summed E-state index contributed by atoms with van der Waals surface area (Å²) in [7, 11) is 3.43. The highest BCUT2D eigenvalue weighted by atomic mass is 35.5. The molecule has 0 aliphatic carbocycles. The number of carbonyl (C=O) groups excluding carboxylic acids is 1. The molecule has 0 bridgehead atoms. The van der Waals surface area contributed by atoms with Crippen molar-refractivity contribution in [1.82, 2.24) is 9.88 Å². The van der Waals surface area contributed by atoms with E-state index in [4.69, 9.17) is 16.3 Å². The van der Waals surface area contributed by atoms with Gasteiger partial charge in [-0.05, 0) is 30.3 Å². The highest BCUT2D eigenvalue weighted by Gasteiger charge is 2.13. The summed E-state index contributed by atoms with van der Waals surface area (Å²) in [5.74, 6) is 0.558. The van der Waals surface area contributed by atoms with Gasteiger partial charge in [-0.2, -0.15) is 0 Å². The van der Waals surface area contributed by atoms with E-state index in [9.17, 15) is 4.79 Å². The van der Waals surface area contributed by atoms with E-state index in [1.165, 1.54) is 4.90 Å². The van der Waals surface area contributed by atoms with Crippen LogP contribution >= 0.6 is 11.6 Å². The number of halogens is 1. The van der Waals surface area contributed by atoms with Crippen molar-refractivity contribution in [2.75, 3.05) is 50.6 Å². The number of nitrogens with one attached hydrogen (secondary N) is 1. The monoisotopic (exact) mass is 360 g/mol. The van der Waals surface area contributed by atoms with Crippen LogP contribution in [0.4, 0.5) is 17.2 Å². The van der Waals surface area contributed by atoms with E-state index in [1.54, 1.807) is 32.4 Å². The van der Waals surface area contributed by atoms with E-state index in [2.05, 4.69) is 15.2 Å². The van der Waals surface area contributed by atoms with Crippen molar-refractivity contribution >= 4 is 34.7 Å². The molecule has 1 N–H and O–H groups in total. The first-order chi connectivity index (χ1) is 12.0. The Morgan fingerprint density at radius 1 is 1.24 bits per heavy atom. The van der Waals surface area contributed by atoms with Crippen LogP contribution in [0.5, 0.6) is 0 Å². The van der Waals surface area contributed by atoms with Crippen LogP contribution in [0.2, 0.25) is 5.02 Å². The van der Waals surface area contributed by atoms with Gasteiger partial charge in [0.2, 0.25) is 0 Å². The topological polar surface area (TPSA) is 57.7 Å². The Balaban J connectivity index is 1.76. The number of amides is 1. The predicted octanol–water partition coefficient (Wildman–Crippen LogP) is 3.02. The van der Waals surface area contributed by atoms with Crippen LogP contribution in [0, 0.1) is 0 Å². The molecule has 1 fully saturated rings. The first kappa shape index (κ1) is 17.5. The molecule has 0 saturated carbocycles. The lowest BCUT2D eigenvalue weighted by atomic mass is 10.2. The third-order valence-corrected chi connectivity index (χ3v) is 4.34. The molecule has 0 atom stereocenters. The van der Waals surface area contributed by atoms with Gasteiger partial charge in [-0.25, -0.2) is 4.98 Å². The van der Waals surface area contributed by atoms with Gasteiger partial charge in [0.15, 0.2) is 0 Å². The smallest absolute Gasteiger partial charge is 0.254 e. The second kappa shape index (κ2) is 7.72. The number of morpholine rings is 1. The zero-order chi connectivity index (χ0) is 17.8. The summed E-state index contributed by atoms with van der Waals surface area (Å²) in [6.45, 7) is 3.18. The van der Waals surface area contributed by atoms with Crippen molar-refractivity contribution in [3.8, 4) is 0 Å². The quantitative estimate of drug-likeness (QED) is 0.908. The maximum absolute atomic E-state index is 11.9. The molecule has 2 aromatic rings. The Kier molecular flexibility index (Phi) is 5.40. The Hall–Kier alpha value is -2.31. The van der Waals surface area contributed by atoms with Gasteiger partial charge in [-0.1, -0.05) is 11.6 Å². The van der Waals surface area contributed by atoms with Crippen LogP contribution < -0.4 is 10.2 Å². The molecule has 1 aliphatic heterocycles. The minimum absolute atomic E-state index is 0.0774. The first-order valence-electron chi connectivity index (χ1n) is 8.11. The molecule has 1 saturated heterocycles. The van der Waals surface area contributed by atoms with Gasteiger partial charge in [0.05, 0.1) is 29.5 Å². The summed E-state index contributed by atoms with van der Waals surface area (Å²) in [6, 6.07) is 9.41. The first-order valence-corrected chi connectivity index (χ1v) is 8.49. The van der Waals surface area contributed by atoms with Gasteiger partial charge in [0, 0.05) is 39.1 Å². The molecule has 0 radical (unpaired) electrons. The molecule has 1 aromatic heterocycles. The predicted molar refractivity (Wildman–Crippen MR) is 100 cm³/mol. The lowest BCUT2D eigenvalue weighted by Gasteiger charge is -2.29. The average Bonchev–Trinajstić information content (AvgIpc) is 2.64. The number of hydrogen-bond acceptors (Lipinski definition) is 5. The highest BCUT2D eigenvalue weighted by molar-refractivity contribution is 6.33. The molecule has 0 unspecified atom stereocenters. The van der Waals surface area contributed by atoms with E-state index in [0.29, 0.717) is 16.4 Å². The maximum Gasteiger partial charge on any atom is 0.254 e. The van der Waals surface area contributed by atoms with E-state index in [0.717, 1.165) is 37.7 Å². The summed E-state index contributed by atoms with van der Waals surface area (Å²) in [4.78, 5) is 20.0. The van der Waals surface area contributed by atoms with Crippen LogP contribution in [0.15, 0.2) is 36.5 Å². The molecule has 3 rings (SSSR count). The van der Waals surface area contributed by atoms with E-state index in [-0.39, 0.29) is 5.91 Å². The molecule has 0 spiro atoms. The standard InChI is InChI=1S/C18H21ClN4O2/c1-22(2)18(24)13-3-6-17(20-12-13)21-16-11-14(4-5-15(16)19)23-7-9-25-10-8-23/h3-6,11-12H,7-10H2,1-2H3,(H,20,21). The summed E-state index contributed by atoms with van der Waals surface area (Å²) < 4.78 is 5.39. The fraction of sp³-hybridized carbons (Fsp3) is 0.333. The number of benzene rings is 1. The van der Waals surface area contributed by atoms with Crippen molar-refractivity contribution < 1.29 is 9.53 Å². The zero-order valence-electron chi connectivity index (χ0n) is 14.3. The number of nitrogens with zero attached hydrogens (tertiary/aromatic N) is 3. The second-order valence-electron chi connectivity index (χ2n) is 6.02. The van der Waals surface area contributed by atoms with Crippen LogP contribution in [0.3, 0.4) is 0 Å². The molecule has 1 aliphatic rings. The molecule has 132 valence electrons. The van der Waals surface area contributed by atoms with Crippen molar-refractivity contribution in [2.45, 2.75) is 0 Å². The average molecular weight is 361 g/mol. The number of aromatic nitrogens is 1.